The Kier molecular flexibility index (Phi) is 6.19. The van der Waals surface area contributed by atoms with Gasteiger partial charge in [-0.15, -0.1) is 0 Å². The van der Waals surface area contributed by atoms with E-state index in [1.165, 1.54) is 23.9 Å². The van der Waals surface area contributed by atoms with E-state index < -0.39 is 11.6 Å². The lowest BCUT2D eigenvalue weighted by atomic mass is 9.97. The highest BCUT2D eigenvalue weighted by molar-refractivity contribution is 7.99. The summed E-state index contributed by atoms with van der Waals surface area (Å²) >= 11 is 1.42. The highest BCUT2D eigenvalue weighted by Gasteiger charge is 2.15. The van der Waals surface area contributed by atoms with Crippen LogP contribution in [0.4, 0.5) is 8.78 Å². The zero-order valence-corrected chi connectivity index (χ0v) is 15.1. The number of aromatic amines is 1. The van der Waals surface area contributed by atoms with Gasteiger partial charge in [0.15, 0.2) is 5.16 Å². The van der Waals surface area contributed by atoms with Gasteiger partial charge in [0.2, 0.25) is 0 Å². The molecule has 1 aliphatic rings. The summed E-state index contributed by atoms with van der Waals surface area (Å²) in [4.78, 5) is 31.3. The first-order valence-electron chi connectivity index (χ1n) is 8.73. The van der Waals surface area contributed by atoms with E-state index in [0.29, 0.717) is 29.3 Å². The molecule has 1 heterocycles. The Labute approximate surface area is 154 Å². The van der Waals surface area contributed by atoms with Gasteiger partial charge in [-0.3, -0.25) is 9.59 Å². The fourth-order valence-corrected chi connectivity index (χ4v) is 3.94. The van der Waals surface area contributed by atoms with Gasteiger partial charge in [0.1, 0.15) is 17.4 Å². The van der Waals surface area contributed by atoms with Gasteiger partial charge in [0.25, 0.3) is 5.56 Å². The van der Waals surface area contributed by atoms with Crippen LogP contribution in [-0.4, -0.2) is 21.5 Å². The minimum Gasteiger partial charge on any atom is -0.301 e. The van der Waals surface area contributed by atoms with Crippen molar-refractivity contribution in [3.05, 3.63) is 57.0 Å². The Morgan fingerprint density at radius 1 is 1.15 bits per heavy atom. The quantitative estimate of drug-likeness (QED) is 0.454. The van der Waals surface area contributed by atoms with Crippen LogP contribution >= 0.6 is 11.8 Å². The molecule has 7 heteroatoms. The van der Waals surface area contributed by atoms with Crippen LogP contribution in [0, 0.1) is 11.6 Å². The van der Waals surface area contributed by atoms with Gasteiger partial charge in [-0.05, 0) is 49.8 Å². The summed E-state index contributed by atoms with van der Waals surface area (Å²) in [6, 6.07) is 3.14. The Balaban J connectivity index is 1.47. The molecule has 4 nitrogen and oxygen atoms in total. The van der Waals surface area contributed by atoms with Gasteiger partial charge in [-0.1, -0.05) is 11.8 Å². The summed E-state index contributed by atoms with van der Waals surface area (Å²) in [7, 11) is 0. The summed E-state index contributed by atoms with van der Waals surface area (Å²) in [6.45, 7) is 0. The second kappa shape index (κ2) is 8.58. The number of rotatable bonds is 7. The highest BCUT2D eigenvalue weighted by atomic mass is 32.2. The fraction of sp³-hybridized carbons (Fsp3) is 0.421. The molecule has 0 saturated heterocycles. The maximum atomic E-state index is 13.1. The SMILES string of the molecule is O=C(CCCSc1nc2c(c(=O)[nH]1)CCCC2)Cc1cc(F)cc(F)c1. The monoisotopic (exact) mass is 378 g/mol. The molecule has 0 atom stereocenters. The van der Waals surface area contributed by atoms with Crippen molar-refractivity contribution in [3.63, 3.8) is 0 Å². The van der Waals surface area contributed by atoms with Crippen LogP contribution in [0.15, 0.2) is 28.2 Å². The van der Waals surface area contributed by atoms with Crippen LogP contribution in [0.5, 0.6) is 0 Å². The zero-order chi connectivity index (χ0) is 18.5. The third-order valence-electron chi connectivity index (χ3n) is 4.33. The Morgan fingerprint density at radius 3 is 2.65 bits per heavy atom. The number of fused-ring (bicyclic) bond motifs is 1. The Morgan fingerprint density at radius 2 is 1.88 bits per heavy atom. The maximum absolute atomic E-state index is 13.1. The van der Waals surface area contributed by atoms with Gasteiger partial charge in [0.05, 0.1) is 5.69 Å². The summed E-state index contributed by atoms with van der Waals surface area (Å²) in [5.41, 5.74) is 1.99. The van der Waals surface area contributed by atoms with Crippen molar-refractivity contribution < 1.29 is 13.6 Å². The fourth-order valence-electron chi connectivity index (χ4n) is 3.12. The minimum atomic E-state index is -0.675. The standard InChI is InChI=1S/C19H20F2N2O2S/c20-13-8-12(9-14(21)11-13)10-15(24)4-3-7-26-19-22-17-6-2-1-5-16(17)18(25)23-19/h8-9,11H,1-7,10H2,(H,22,23,25). The Bertz CT molecular complexity index is 847. The van der Waals surface area contributed by atoms with Crippen molar-refractivity contribution in [3.8, 4) is 0 Å². The van der Waals surface area contributed by atoms with Crippen molar-refractivity contribution in [1.82, 2.24) is 9.97 Å². The van der Waals surface area contributed by atoms with Crippen molar-refractivity contribution in [2.24, 2.45) is 0 Å². The predicted octanol–water partition coefficient (Wildman–Crippen LogP) is 3.61. The first-order chi connectivity index (χ1) is 12.5. The lowest BCUT2D eigenvalue weighted by molar-refractivity contribution is -0.118. The molecule has 1 aromatic heterocycles. The van der Waals surface area contributed by atoms with Gasteiger partial charge in [-0.2, -0.15) is 0 Å². The summed E-state index contributed by atoms with van der Waals surface area (Å²) in [6.07, 6.45) is 4.67. The molecule has 0 saturated carbocycles. The smallest absolute Gasteiger partial charge is 0.254 e. The number of nitrogens with one attached hydrogen (secondary N) is 1. The first kappa shape index (κ1) is 18.8. The van der Waals surface area contributed by atoms with E-state index in [2.05, 4.69) is 9.97 Å². The molecule has 0 aliphatic heterocycles. The number of aromatic nitrogens is 2. The molecular formula is C19H20F2N2O2S. The molecule has 1 aliphatic carbocycles. The van der Waals surface area contributed by atoms with Crippen molar-refractivity contribution in [2.45, 2.75) is 50.1 Å². The summed E-state index contributed by atoms with van der Waals surface area (Å²) < 4.78 is 26.3. The van der Waals surface area contributed by atoms with Gasteiger partial charge in [-0.25, -0.2) is 13.8 Å². The number of halogens is 2. The maximum Gasteiger partial charge on any atom is 0.254 e. The molecule has 0 spiro atoms. The average Bonchev–Trinajstić information content (AvgIpc) is 2.58. The number of thioether (sulfide) groups is 1. The first-order valence-corrected chi connectivity index (χ1v) is 9.71. The van der Waals surface area contributed by atoms with Gasteiger partial charge < -0.3 is 4.98 Å². The van der Waals surface area contributed by atoms with Crippen LogP contribution < -0.4 is 5.56 Å². The molecular weight excluding hydrogens is 358 g/mol. The van der Waals surface area contributed by atoms with Gasteiger partial charge in [0, 0.05) is 30.2 Å². The lowest BCUT2D eigenvalue weighted by Gasteiger charge is -2.14. The van der Waals surface area contributed by atoms with Gasteiger partial charge >= 0.3 is 0 Å². The Hall–Kier alpha value is -2.02. The molecule has 1 aromatic carbocycles. The van der Waals surface area contributed by atoms with E-state index in [4.69, 9.17) is 0 Å². The van der Waals surface area contributed by atoms with E-state index in [1.54, 1.807) is 0 Å². The number of Topliss-reactive ketones (excluding diaryl/α,β-unsaturated/α-hetero) is 1. The second-order valence-corrected chi connectivity index (χ2v) is 7.53. The normalized spacial score (nSPS) is 13.5. The number of benzene rings is 1. The number of carbonyl (C=O) groups excluding carboxylic acids is 1. The third kappa shape index (κ3) is 5.00. The average molecular weight is 378 g/mol. The number of H-pyrrole nitrogens is 1. The highest BCUT2D eigenvalue weighted by Crippen LogP contribution is 2.20. The molecule has 3 rings (SSSR count). The lowest BCUT2D eigenvalue weighted by Crippen LogP contribution is -2.21. The van der Waals surface area contributed by atoms with E-state index in [1.807, 2.05) is 0 Å². The molecule has 1 N–H and O–H groups in total. The van der Waals surface area contributed by atoms with Crippen molar-refractivity contribution in [2.75, 3.05) is 5.75 Å². The van der Waals surface area contributed by atoms with Crippen LogP contribution in [0.25, 0.3) is 0 Å². The minimum absolute atomic E-state index is 0.0211. The van der Waals surface area contributed by atoms with Crippen LogP contribution in [-0.2, 0) is 24.1 Å². The molecule has 26 heavy (non-hydrogen) atoms. The largest absolute Gasteiger partial charge is 0.301 e. The van der Waals surface area contributed by atoms with Crippen molar-refractivity contribution in [1.29, 1.82) is 0 Å². The van der Waals surface area contributed by atoms with E-state index in [9.17, 15) is 18.4 Å². The summed E-state index contributed by atoms with van der Waals surface area (Å²) in [5, 5.41) is 0.593. The number of hydrogen-bond donors (Lipinski definition) is 1. The van der Waals surface area contributed by atoms with Crippen LogP contribution in [0.3, 0.4) is 0 Å². The number of ketones is 1. The van der Waals surface area contributed by atoms with Crippen molar-refractivity contribution >= 4 is 17.5 Å². The number of hydrogen-bond acceptors (Lipinski definition) is 4. The molecule has 138 valence electrons. The molecule has 0 amide bonds. The molecule has 0 unspecified atom stereocenters. The van der Waals surface area contributed by atoms with E-state index >= 15 is 0 Å². The summed E-state index contributed by atoms with van der Waals surface area (Å²) in [5.74, 6) is -0.774. The van der Waals surface area contributed by atoms with Crippen LogP contribution in [0.2, 0.25) is 0 Å². The van der Waals surface area contributed by atoms with Crippen LogP contribution in [0.1, 0.15) is 42.5 Å². The number of nitrogens with zero attached hydrogens (tertiary/aromatic N) is 1. The second-order valence-electron chi connectivity index (χ2n) is 6.45. The number of aryl methyl sites for hydroxylation is 1. The molecule has 0 radical (unpaired) electrons. The molecule has 0 bridgehead atoms. The molecule has 2 aromatic rings. The number of carbonyl (C=O) groups is 1. The zero-order valence-electron chi connectivity index (χ0n) is 14.3. The van der Waals surface area contributed by atoms with E-state index in [-0.39, 0.29) is 17.8 Å². The third-order valence-corrected chi connectivity index (χ3v) is 5.29. The van der Waals surface area contributed by atoms with E-state index in [0.717, 1.165) is 43.0 Å². The topological polar surface area (TPSA) is 62.8 Å². The predicted molar refractivity (Wildman–Crippen MR) is 96.5 cm³/mol. The molecule has 0 fully saturated rings.